The molecule has 0 aliphatic heterocycles. The van der Waals surface area contributed by atoms with Crippen LogP contribution in [-0.2, 0) is 0 Å². The lowest BCUT2D eigenvalue weighted by Gasteiger charge is -2.11. The normalized spacial score (nSPS) is 14.9. The third-order valence-corrected chi connectivity index (χ3v) is 5.53. The number of nitrogens with one attached hydrogen (secondary N) is 3. The Balaban J connectivity index is 1.53. The van der Waals surface area contributed by atoms with Gasteiger partial charge in [0.25, 0.3) is 5.91 Å². The van der Waals surface area contributed by atoms with Gasteiger partial charge in [-0.25, -0.2) is 9.38 Å². The molecule has 8 nitrogen and oxygen atoms in total. The van der Waals surface area contributed by atoms with Gasteiger partial charge in [-0.05, 0) is 61.1 Å². The number of guanidine groups is 1. The molecule has 1 fully saturated rings. The number of anilines is 1. The highest BCUT2D eigenvalue weighted by atomic mass is 32.1. The summed E-state index contributed by atoms with van der Waals surface area (Å²) in [5, 5.41) is 16.9. The molecular formula is C19H20FN7OS. The number of aliphatic imine (C=N–C) groups is 1. The second kappa shape index (κ2) is 8.48. The summed E-state index contributed by atoms with van der Waals surface area (Å²) in [4.78, 5) is 17.7. The van der Waals surface area contributed by atoms with Crippen molar-refractivity contribution in [1.82, 2.24) is 25.1 Å². The van der Waals surface area contributed by atoms with E-state index in [0.29, 0.717) is 22.3 Å². The maximum Gasteiger partial charge on any atom is 0.271 e. The van der Waals surface area contributed by atoms with Gasteiger partial charge in [0.15, 0.2) is 5.82 Å². The van der Waals surface area contributed by atoms with E-state index in [1.165, 1.54) is 12.1 Å². The van der Waals surface area contributed by atoms with Gasteiger partial charge in [-0.3, -0.25) is 15.2 Å². The van der Waals surface area contributed by atoms with Crippen LogP contribution in [0.4, 0.5) is 10.2 Å². The number of carbonyl (C=O) groups excluding carboxylic acids is 1. The number of carbonyl (C=O) groups is 1. The summed E-state index contributed by atoms with van der Waals surface area (Å²) in [5.74, 6) is 0.233. The van der Waals surface area contributed by atoms with Crippen LogP contribution in [0.25, 0.3) is 11.3 Å². The molecule has 0 radical (unpaired) electrons. The molecule has 150 valence electrons. The lowest BCUT2D eigenvalue weighted by atomic mass is 10.1. The molecule has 3 N–H and O–H groups in total. The largest absolute Gasteiger partial charge is 0.309 e. The van der Waals surface area contributed by atoms with Crippen LogP contribution in [0.15, 0.2) is 35.3 Å². The van der Waals surface area contributed by atoms with Crippen molar-refractivity contribution < 1.29 is 9.18 Å². The second-order valence-corrected chi connectivity index (χ2v) is 7.61. The van der Waals surface area contributed by atoms with E-state index >= 15 is 0 Å². The molecule has 0 unspecified atom stereocenters. The SMILES string of the molecule is Cc1nnsc1C(=O)NC(=NC1CCCC1)Nc1cc(-c2ccc(F)cc2)[nH]n1. The molecule has 2 aromatic heterocycles. The highest BCUT2D eigenvalue weighted by Crippen LogP contribution is 2.22. The Morgan fingerprint density at radius 1 is 1.28 bits per heavy atom. The van der Waals surface area contributed by atoms with Crippen molar-refractivity contribution in [1.29, 1.82) is 0 Å². The zero-order chi connectivity index (χ0) is 20.2. The van der Waals surface area contributed by atoms with Crippen LogP contribution in [0.2, 0.25) is 0 Å². The van der Waals surface area contributed by atoms with Crippen LogP contribution >= 0.6 is 11.5 Å². The Hall–Kier alpha value is -3.14. The summed E-state index contributed by atoms with van der Waals surface area (Å²) < 4.78 is 16.9. The van der Waals surface area contributed by atoms with Gasteiger partial charge in [-0.2, -0.15) is 5.10 Å². The van der Waals surface area contributed by atoms with Crippen molar-refractivity contribution in [2.75, 3.05) is 5.32 Å². The summed E-state index contributed by atoms with van der Waals surface area (Å²) >= 11 is 1.04. The molecule has 0 spiro atoms. The van der Waals surface area contributed by atoms with Crippen molar-refractivity contribution in [2.24, 2.45) is 4.99 Å². The fourth-order valence-corrected chi connectivity index (χ4v) is 3.75. The first-order chi connectivity index (χ1) is 14.1. The standard InChI is InChI=1S/C19H20FN7OS/c1-11-17(29-27-24-11)18(28)23-19(21-14-4-2-3-5-14)22-16-10-15(25-26-16)12-6-8-13(20)9-7-12/h6-10,14H,2-5H2,1H3,(H3,21,22,23,25,26,28). The molecular weight excluding hydrogens is 393 g/mol. The number of aryl methyl sites for hydroxylation is 1. The molecule has 29 heavy (non-hydrogen) atoms. The number of aromatic nitrogens is 4. The molecule has 10 heteroatoms. The van der Waals surface area contributed by atoms with E-state index in [0.717, 1.165) is 48.5 Å². The average Bonchev–Trinajstić information content (AvgIpc) is 3.45. The molecule has 1 aromatic carbocycles. The van der Waals surface area contributed by atoms with E-state index in [-0.39, 0.29) is 17.8 Å². The molecule has 3 aromatic rings. The molecule has 1 aliphatic rings. The number of halogens is 1. The number of hydrogen-bond acceptors (Lipinski definition) is 6. The maximum absolute atomic E-state index is 13.1. The van der Waals surface area contributed by atoms with Gasteiger partial charge in [0.1, 0.15) is 10.7 Å². The van der Waals surface area contributed by atoms with Crippen LogP contribution in [-0.4, -0.2) is 37.7 Å². The molecule has 4 rings (SSSR count). The van der Waals surface area contributed by atoms with Crippen molar-refractivity contribution >= 4 is 29.2 Å². The number of H-pyrrole nitrogens is 1. The molecule has 0 saturated heterocycles. The van der Waals surface area contributed by atoms with Gasteiger partial charge >= 0.3 is 0 Å². The van der Waals surface area contributed by atoms with E-state index in [4.69, 9.17) is 0 Å². The van der Waals surface area contributed by atoms with Gasteiger partial charge < -0.3 is 5.32 Å². The van der Waals surface area contributed by atoms with Gasteiger partial charge in [-0.15, -0.1) is 5.10 Å². The maximum atomic E-state index is 13.1. The van der Waals surface area contributed by atoms with E-state index in [2.05, 4.69) is 35.4 Å². The van der Waals surface area contributed by atoms with E-state index in [9.17, 15) is 9.18 Å². The number of aromatic amines is 1. The fourth-order valence-electron chi connectivity index (χ4n) is 3.20. The molecule has 1 amide bonds. The summed E-state index contributed by atoms with van der Waals surface area (Å²) in [7, 11) is 0. The first-order valence-corrected chi connectivity index (χ1v) is 10.1. The van der Waals surface area contributed by atoms with Crippen molar-refractivity contribution in [3.63, 3.8) is 0 Å². The predicted octanol–water partition coefficient (Wildman–Crippen LogP) is 3.52. The molecule has 1 aliphatic carbocycles. The summed E-state index contributed by atoms with van der Waals surface area (Å²) in [6.07, 6.45) is 4.24. The Labute approximate surface area is 170 Å². The monoisotopic (exact) mass is 413 g/mol. The number of amides is 1. The minimum Gasteiger partial charge on any atom is -0.309 e. The fraction of sp³-hybridized carbons (Fsp3) is 0.316. The van der Waals surface area contributed by atoms with Crippen molar-refractivity contribution in [3.8, 4) is 11.3 Å². The first-order valence-electron chi connectivity index (χ1n) is 9.35. The van der Waals surface area contributed by atoms with E-state index < -0.39 is 0 Å². The summed E-state index contributed by atoms with van der Waals surface area (Å²) in [6, 6.07) is 8.06. The lowest BCUT2D eigenvalue weighted by molar-refractivity contribution is 0.0980. The zero-order valence-corrected chi connectivity index (χ0v) is 16.6. The quantitative estimate of drug-likeness (QED) is 0.448. The predicted molar refractivity (Wildman–Crippen MR) is 109 cm³/mol. The highest BCUT2D eigenvalue weighted by molar-refractivity contribution is 7.08. The van der Waals surface area contributed by atoms with Crippen molar-refractivity contribution in [3.05, 3.63) is 46.7 Å². The van der Waals surface area contributed by atoms with Crippen molar-refractivity contribution in [2.45, 2.75) is 38.6 Å². The van der Waals surface area contributed by atoms with E-state index in [1.54, 1.807) is 25.1 Å². The molecule has 1 saturated carbocycles. The van der Waals surface area contributed by atoms with E-state index in [1.807, 2.05) is 0 Å². The molecule has 2 heterocycles. The second-order valence-electron chi connectivity index (χ2n) is 6.86. The third-order valence-electron chi connectivity index (χ3n) is 4.71. The number of benzene rings is 1. The minimum atomic E-state index is -0.309. The van der Waals surface area contributed by atoms with Gasteiger partial charge in [0.2, 0.25) is 5.96 Å². The van der Waals surface area contributed by atoms with Gasteiger partial charge in [-0.1, -0.05) is 17.3 Å². The topological polar surface area (TPSA) is 108 Å². The third kappa shape index (κ3) is 4.65. The molecule has 0 atom stereocenters. The first kappa shape index (κ1) is 19.2. The lowest BCUT2D eigenvalue weighted by Crippen LogP contribution is -2.37. The number of rotatable bonds is 4. The average molecular weight is 413 g/mol. The van der Waals surface area contributed by atoms with Gasteiger partial charge in [0.05, 0.1) is 17.4 Å². The Bertz CT molecular complexity index is 1020. The Kier molecular flexibility index (Phi) is 5.61. The van der Waals surface area contributed by atoms with Crippen LogP contribution in [0, 0.1) is 12.7 Å². The van der Waals surface area contributed by atoms with Crippen LogP contribution < -0.4 is 10.6 Å². The zero-order valence-electron chi connectivity index (χ0n) is 15.8. The van der Waals surface area contributed by atoms with Gasteiger partial charge in [0, 0.05) is 6.07 Å². The Morgan fingerprint density at radius 3 is 2.72 bits per heavy atom. The van der Waals surface area contributed by atoms with Crippen LogP contribution in [0.3, 0.4) is 0 Å². The summed E-state index contributed by atoms with van der Waals surface area (Å²) in [6.45, 7) is 1.74. The number of nitrogens with zero attached hydrogens (tertiary/aromatic N) is 4. The minimum absolute atomic E-state index is 0.161. The smallest absolute Gasteiger partial charge is 0.271 e. The highest BCUT2D eigenvalue weighted by Gasteiger charge is 2.19. The summed E-state index contributed by atoms with van der Waals surface area (Å²) in [5.41, 5.74) is 2.10. The molecule has 0 bridgehead atoms. The number of hydrogen-bond donors (Lipinski definition) is 3. The van der Waals surface area contributed by atoms with Crippen LogP contribution in [0.5, 0.6) is 0 Å². The Morgan fingerprint density at radius 2 is 2.03 bits per heavy atom. The van der Waals surface area contributed by atoms with Crippen LogP contribution in [0.1, 0.15) is 41.0 Å².